The summed E-state index contributed by atoms with van der Waals surface area (Å²) in [6, 6.07) is 17.5. The Hall–Kier alpha value is -3.54. The molecule has 1 heterocycles. The summed E-state index contributed by atoms with van der Waals surface area (Å²) in [6.45, 7) is 3.75. The predicted molar refractivity (Wildman–Crippen MR) is 102 cm³/mol. The normalized spacial score (nSPS) is 10.4. The van der Waals surface area contributed by atoms with Crippen molar-refractivity contribution in [1.82, 2.24) is 4.98 Å². The van der Waals surface area contributed by atoms with Gasteiger partial charge >= 0.3 is 5.97 Å². The van der Waals surface area contributed by atoms with Crippen molar-refractivity contribution in [3.8, 4) is 22.4 Å². The summed E-state index contributed by atoms with van der Waals surface area (Å²) in [4.78, 5) is 27.6. The highest BCUT2D eigenvalue weighted by Gasteiger charge is 2.20. The van der Waals surface area contributed by atoms with Gasteiger partial charge < -0.3 is 4.74 Å². The molecule has 0 atom stereocenters. The van der Waals surface area contributed by atoms with Crippen molar-refractivity contribution >= 4 is 11.7 Å². The lowest BCUT2D eigenvalue weighted by Crippen LogP contribution is -2.10. The van der Waals surface area contributed by atoms with Crippen molar-refractivity contribution in [3.63, 3.8) is 0 Å². The fourth-order valence-electron chi connectivity index (χ4n) is 2.88. The molecule has 6 nitrogen and oxygen atoms in total. The Labute approximate surface area is 156 Å². The smallest absolute Gasteiger partial charge is 0.340 e. The van der Waals surface area contributed by atoms with Crippen LogP contribution in [-0.2, 0) is 4.74 Å². The second kappa shape index (κ2) is 7.78. The molecule has 0 aliphatic rings. The van der Waals surface area contributed by atoms with E-state index in [0.717, 1.165) is 11.3 Å². The Morgan fingerprint density at radius 2 is 1.74 bits per heavy atom. The Morgan fingerprint density at radius 1 is 1.07 bits per heavy atom. The van der Waals surface area contributed by atoms with Crippen LogP contribution in [0, 0.1) is 17.0 Å². The number of hydrogen-bond acceptors (Lipinski definition) is 5. The molecule has 0 saturated carbocycles. The Morgan fingerprint density at radius 3 is 2.33 bits per heavy atom. The van der Waals surface area contributed by atoms with E-state index < -0.39 is 10.9 Å². The number of ether oxygens (including phenoxy) is 1. The SMILES string of the molecule is CCOC(=O)c1c(-c2ccc([N+](=O)[O-])cc2)cc(-c2ccccc2)nc1C. The number of benzene rings is 2. The number of carbonyl (C=O) groups excluding carboxylic acids is 1. The van der Waals surface area contributed by atoms with E-state index >= 15 is 0 Å². The number of carbonyl (C=O) groups is 1. The molecule has 0 aliphatic carbocycles. The molecular formula is C21H18N2O4. The van der Waals surface area contributed by atoms with Crippen LogP contribution in [0.5, 0.6) is 0 Å². The molecule has 0 N–H and O–H groups in total. The van der Waals surface area contributed by atoms with Crippen molar-refractivity contribution in [1.29, 1.82) is 0 Å². The molecule has 3 aromatic rings. The Balaban J connectivity index is 2.19. The highest BCUT2D eigenvalue weighted by atomic mass is 16.6. The minimum atomic E-state index is -0.463. The number of pyridine rings is 1. The van der Waals surface area contributed by atoms with Gasteiger partial charge in [0.1, 0.15) is 0 Å². The first-order valence-electron chi connectivity index (χ1n) is 8.50. The molecule has 0 unspecified atom stereocenters. The van der Waals surface area contributed by atoms with Gasteiger partial charge in [-0.1, -0.05) is 30.3 Å². The van der Waals surface area contributed by atoms with Crippen molar-refractivity contribution in [2.45, 2.75) is 13.8 Å². The van der Waals surface area contributed by atoms with Crippen molar-refractivity contribution in [2.24, 2.45) is 0 Å². The largest absolute Gasteiger partial charge is 0.462 e. The van der Waals surface area contributed by atoms with Gasteiger partial charge in [-0.2, -0.15) is 0 Å². The van der Waals surface area contributed by atoms with Crippen molar-refractivity contribution in [2.75, 3.05) is 6.61 Å². The highest BCUT2D eigenvalue weighted by Crippen LogP contribution is 2.31. The molecule has 27 heavy (non-hydrogen) atoms. The standard InChI is InChI=1S/C21H18N2O4/c1-3-27-21(24)20-14(2)22-19(16-7-5-4-6-8-16)13-18(20)15-9-11-17(12-10-15)23(25)26/h4-13H,3H2,1-2H3. The lowest BCUT2D eigenvalue weighted by atomic mass is 9.96. The first kappa shape index (κ1) is 18.3. The van der Waals surface area contributed by atoms with Gasteiger partial charge in [0.05, 0.1) is 28.5 Å². The van der Waals surface area contributed by atoms with E-state index in [1.54, 1.807) is 26.0 Å². The fraction of sp³-hybridized carbons (Fsp3) is 0.143. The maximum absolute atomic E-state index is 12.5. The van der Waals surface area contributed by atoms with Crippen molar-refractivity contribution in [3.05, 3.63) is 82.0 Å². The van der Waals surface area contributed by atoms with Gasteiger partial charge in [0.25, 0.3) is 5.69 Å². The summed E-state index contributed by atoms with van der Waals surface area (Å²) in [5, 5.41) is 10.9. The minimum Gasteiger partial charge on any atom is -0.462 e. The predicted octanol–water partition coefficient (Wildman–Crippen LogP) is 4.81. The van der Waals surface area contributed by atoms with Crippen LogP contribution in [0.15, 0.2) is 60.7 Å². The van der Waals surface area contributed by atoms with Crippen LogP contribution in [0.1, 0.15) is 23.0 Å². The molecule has 0 amide bonds. The monoisotopic (exact) mass is 362 g/mol. The second-order valence-corrected chi connectivity index (χ2v) is 5.91. The van der Waals surface area contributed by atoms with Gasteiger partial charge in [0.2, 0.25) is 0 Å². The summed E-state index contributed by atoms with van der Waals surface area (Å²) in [6.07, 6.45) is 0. The highest BCUT2D eigenvalue weighted by molar-refractivity contribution is 5.99. The summed E-state index contributed by atoms with van der Waals surface area (Å²) in [5.41, 5.74) is 3.86. The maximum Gasteiger partial charge on any atom is 0.340 e. The van der Waals surface area contributed by atoms with Crippen LogP contribution in [0.2, 0.25) is 0 Å². The van der Waals surface area contributed by atoms with E-state index in [1.165, 1.54) is 12.1 Å². The van der Waals surface area contributed by atoms with Crippen LogP contribution in [-0.4, -0.2) is 22.5 Å². The van der Waals surface area contributed by atoms with E-state index in [9.17, 15) is 14.9 Å². The number of nitro benzene ring substituents is 1. The molecule has 1 aromatic heterocycles. The zero-order valence-corrected chi connectivity index (χ0v) is 15.0. The maximum atomic E-state index is 12.5. The number of non-ortho nitro benzene ring substituents is 1. The number of nitro groups is 1. The third-order valence-corrected chi connectivity index (χ3v) is 4.14. The molecule has 0 fully saturated rings. The van der Waals surface area contributed by atoms with E-state index in [4.69, 9.17) is 4.74 Å². The summed E-state index contributed by atoms with van der Waals surface area (Å²) in [5.74, 6) is -0.463. The summed E-state index contributed by atoms with van der Waals surface area (Å²) >= 11 is 0. The molecule has 3 rings (SSSR count). The lowest BCUT2D eigenvalue weighted by molar-refractivity contribution is -0.384. The first-order valence-corrected chi connectivity index (χ1v) is 8.50. The van der Waals surface area contributed by atoms with Crippen molar-refractivity contribution < 1.29 is 14.5 Å². The molecule has 136 valence electrons. The van der Waals surface area contributed by atoms with Crippen LogP contribution < -0.4 is 0 Å². The summed E-state index contributed by atoms with van der Waals surface area (Å²) in [7, 11) is 0. The molecule has 0 spiro atoms. The quantitative estimate of drug-likeness (QED) is 0.369. The zero-order chi connectivity index (χ0) is 19.4. The van der Waals surface area contributed by atoms with Crippen LogP contribution in [0.25, 0.3) is 22.4 Å². The van der Waals surface area contributed by atoms with Gasteiger partial charge in [-0.05, 0) is 37.6 Å². The van der Waals surface area contributed by atoms with Crippen LogP contribution >= 0.6 is 0 Å². The number of aryl methyl sites for hydroxylation is 1. The minimum absolute atomic E-state index is 0.00880. The van der Waals surface area contributed by atoms with Crippen LogP contribution in [0.3, 0.4) is 0 Å². The topological polar surface area (TPSA) is 82.3 Å². The van der Waals surface area contributed by atoms with E-state index in [-0.39, 0.29) is 12.3 Å². The molecular weight excluding hydrogens is 344 g/mol. The van der Waals surface area contributed by atoms with Gasteiger partial charge in [-0.3, -0.25) is 15.1 Å². The number of aromatic nitrogens is 1. The van der Waals surface area contributed by atoms with Gasteiger partial charge in [-0.15, -0.1) is 0 Å². The van der Waals surface area contributed by atoms with E-state index in [0.29, 0.717) is 22.4 Å². The van der Waals surface area contributed by atoms with Gasteiger partial charge in [0.15, 0.2) is 0 Å². The number of rotatable bonds is 5. The molecule has 6 heteroatoms. The molecule has 0 bridgehead atoms. The first-order chi connectivity index (χ1) is 13.0. The number of nitrogens with zero attached hydrogens (tertiary/aromatic N) is 2. The molecule has 0 radical (unpaired) electrons. The average molecular weight is 362 g/mol. The van der Waals surface area contributed by atoms with E-state index in [2.05, 4.69) is 4.98 Å². The molecule has 0 saturated heterocycles. The zero-order valence-electron chi connectivity index (χ0n) is 15.0. The second-order valence-electron chi connectivity index (χ2n) is 5.91. The number of esters is 1. The third kappa shape index (κ3) is 3.84. The fourth-order valence-corrected chi connectivity index (χ4v) is 2.88. The Kier molecular flexibility index (Phi) is 5.26. The Bertz CT molecular complexity index is 983. The number of hydrogen-bond donors (Lipinski definition) is 0. The third-order valence-electron chi connectivity index (χ3n) is 4.14. The van der Waals surface area contributed by atoms with Gasteiger partial charge in [-0.25, -0.2) is 4.79 Å². The average Bonchev–Trinajstić information content (AvgIpc) is 2.68. The van der Waals surface area contributed by atoms with E-state index in [1.807, 2.05) is 36.4 Å². The molecule has 0 aliphatic heterocycles. The lowest BCUT2D eigenvalue weighted by Gasteiger charge is -2.14. The molecule has 2 aromatic carbocycles. The van der Waals surface area contributed by atoms with Gasteiger partial charge in [0, 0.05) is 23.3 Å². The summed E-state index contributed by atoms with van der Waals surface area (Å²) < 4.78 is 5.19. The van der Waals surface area contributed by atoms with Crippen LogP contribution in [0.4, 0.5) is 5.69 Å².